The van der Waals surface area contributed by atoms with Crippen LogP contribution in [0.25, 0.3) is 0 Å². The molecule has 1 spiro atoms. The first kappa shape index (κ1) is 27.1. The Morgan fingerprint density at radius 2 is 1.85 bits per heavy atom. The highest BCUT2D eigenvalue weighted by Crippen LogP contribution is 2.57. The number of benzene rings is 3. The van der Waals surface area contributed by atoms with Crippen molar-refractivity contribution in [3.05, 3.63) is 93.2 Å². The number of halogens is 3. The molecule has 5 rings (SSSR count). The molecule has 2 amide bonds. The molecule has 2 heterocycles. The summed E-state index contributed by atoms with van der Waals surface area (Å²) in [7, 11) is 0. The van der Waals surface area contributed by atoms with E-state index in [0.29, 0.717) is 33.9 Å². The van der Waals surface area contributed by atoms with E-state index in [4.69, 9.17) is 28.5 Å². The number of hydrogen-bond acceptors (Lipinski definition) is 4. The predicted molar refractivity (Wildman–Crippen MR) is 150 cm³/mol. The summed E-state index contributed by atoms with van der Waals surface area (Å²) in [6, 6.07) is 16.8. The summed E-state index contributed by atoms with van der Waals surface area (Å²) in [5.74, 6) is -2.38. The average molecular weight is 565 g/mol. The molecule has 1 saturated heterocycles. The van der Waals surface area contributed by atoms with Crippen LogP contribution in [0.4, 0.5) is 15.8 Å². The molecular formula is C30H27Cl2FN4O2. The van der Waals surface area contributed by atoms with Crippen molar-refractivity contribution in [3.63, 3.8) is 0 Å². The van der Waals surface area contributed by atoms with Crippen LogP contribution in [0.15, 0.2) is 60.7 Å². The summed E-state index contributed by atoms with van der Waals surface area (Å²) in [5, 5.41) is 18.8. The molecule has 6 nitrogen and oxygen atoms in total. The van der Waals surface area contributed by atoms with E-state index < -0.39 is 35.1 Å². The van der Waals surface area contributed by atoms with Gasteiger partial charge >= 0.3 is 0 Å². The van der Waals surface area contributed by atoms with Gasteiger partial charge in [0, 0.05) is 28.4 Å². The van der Waals surface area contributed by atoms with E-state index in [0.717, 1.165) is 0 Å². The molecule has 39 heavy (non-hydrogen) atoms. The zero-order valence-electron chi connectivity index (χ0n) is 21.6. The number of anilines is 2. The first-order valence-electron chi connectivity index (χ1n) is 12.6. The van der Waals surface area contributed by atoms with Gasteiger partial charge in [-0.15, -0.1) is 0 Å². The maximum atomic E-state index is 15.8. The molecule has 3 aromatic carbocycles. The lowest BCUT2D eigenvalue weighted by Crippen LogP contribution is -2.49. The zero-order valence-corrected chi connectivity index (χ0v) is 23.1. The molecular weight excluding hydrogens is 538 g/mol. The maximum Gasteiger partial charge on any atom is 0.242 e. The van der Waals surface area contributed by atoms with Crippen LogP contribution in [0, 0.1) is 22.6 Å². The Balaban J connectivity index is 1.71. The number of rotatable bonds is 4. The normalized spacial score (nSPS) is 23.8. The van der Waals surface area contributed by atoms with Crippen molar-refractivity contribution in [2.45, 2.75) is 50.6 Å². The summed E-state index contributed by atoms with van der Waals surface area (Å²) >= 11 is 12.5. The van der Waals surface area contributed by atoms with Gasteiger partial charge in [0.1, 0.15) is 11.2 Å². The highest BCUT2D eigenvalue weighted by molar-refractivity contribution is 6.31. The minimum absolute atomic E-state index is 0.0945. The van der Waals surface area contributed by atoms with Crippen LogP contribution < -0.4 is 16.0 Å². The van der Waals surface area contributed by atoms with Gasteiger partial charge in [-0.1, -0.05) is 62.2 Å². The number of amides is 2. The lowest BCUT2D eigenvalue weighted by Gasteiger charge is -2.37. The Bertz CT molecular complexity index is 1510. The molecule has 200 valence electrons. The minimum atomic E-state index is -1.33. The molecule has 2 aliphatic heterocycles. The van der Waals surface area contributed by atoms with Gasteiger partial charge < -0.3 is 16.0 Å². The fourth-order valence-corrected chi connectivity index (χ4v) is 6.35. The molecule has 0 bridgehead atoms. The number of nitrogens with zero attached hydrogens (tertiary/aromatic N) is 1. The summed E-state index contributed by atoms with van der Waals surface area (Å²) in [5.41, 5.74) is 0.715. The topological polar surface area (TPSA) is 94.0 Å². The van der Waals surface area contributed by atoms with E-state index in [9.17, 15) is 9.59 Å². The highest BCUT2D eigenvalue weighted by Gasteiger charge is 2.66. The number of nitriles is 1. The number of carbonyl (C=O) groups is 2. The third-order valence-electron chi connectivity index (χ3n) is 7.50. The van der Waals surface area contributed by atoms with Crippen LogP contribution >= 0.6 is 23.2 Å². The molecule has 9 heteroatoms. The van der Waals surface area contributed by atoms with E-state index in [2.05, 4.69) is 36.7 Å². The molecule has 0 unspecified atom stereocenters. The van der Waals surface area contributed by atoms with Gasteiger partial charge in [-0.05, 0) is 65.4 Å². The van der Waals surface area contributed by atoms with Crippen LogP contribution in [0.1, 0.15) is 49.8 Å². The van der Waals surface area contributed by atoms with E-state index in [1.807, 2.05) is 6.07 Å². The van der Waals surface area contributed by atoms with Crippen LogP contribution in [0.2, 0.25) is 10.0 Å². The first-order valence-corrected chi connectivity index (χ1v) is 13.3. The maximum absolute atomic E-state index is 15.8. The van der Waals surface area contributed by atoms with Crippen LogP contribution in [-0.4, -0.2) is 23.9 Å². The second-order valence-electron chi connectivity index (χ2n) is 11.3. The number of nitrogens with one attached hydrogen (secondary N) is 3. The van der Waals surface area contributed by atoms with Crippen LogP contribution in [0.3, 0.4) is 0 Å². The van der Waals surface area contributed by atoms with E-state index in [1.165, 1.54) is 6.07 Å². The van der Waals surface area contributed by atoms with Crippen LogP contribution in [0.5, 0.6) is 0 Å². The second-order valence-corrected chi connectivity index (χ2v) is 12.1. The Morgan fingerprint density at radius 3 is 2.51 bits per heavy atom. The van der Waals surface area contributed by atoms with Gasteiger partial charge in [-0.3, -0.25) is 9.59 Å². The smallest absolute Gasteiger partial charge is 0.242 e. The van der Waals surface area contributed by atoms with Crippen molar-refractivity contribution in [1.82, 2.24) is 5.32 Å². The molecule has 4 atom stereocenters. The lowest BCUT2D eigenvalue weighted by molar-refractivity contribution is -0.122. The number of carbonyl (C=O) groups excluding carboxylic acids is 2. The van der Waals surface area contributed by atoms with E-state index in [-0.39, 0.29) is 21.9 Å². The first-order chi connectivity index (χ1) is 18.5. The monoisotopic (exact) mass is 564 g/mol. The predicted octanol–water partition coefficient (Wildman–Crippen LogP) is 6.39. The van der Waals surface area contributed by atoms with Crippen molar-refractivity contribution >= 4 is 46.4 Å². The number of fused-ring (bicyclic) bond motifs is 2. The third-order valence-corrected chi connectivity index (χ3v) is 8.03. The van der Waals surface area contributed by atoms with Crippen molar-refractivity contribution in [1.29, 1.82) is 5.26 Å². The van der Waals surface area contributed by atoms with Crippen molar-refractivity contribution in [2.24, 2.45) is 5.41 Å². The van der Waals surface area contributed by atoms with Gasteiger partial charge in [0.2, 0.25) is 11.8 Å². The fraction of sp³-hybridized carbons (Fsp3) is 0.300. The van der Waals surface area contributed by atoms with Crippen LogP contribution in [-0.2, 0) is 15.0 Å². The summed E-state index contributed by atoms with van der Waals surface area (Å²) < 4.78 is 15.8. The average Bonchev–Trinajstić information content (AvgIpc) is 3.35. The second kappa shape index (κ2) is 9.95. The van der Waals surface area contributed by atoms with Gasteiger partial charge in [0.25, 0.3) is 0 Å². The molecule has 2 aliphatic rings. The molecule has 0 radical (unpaired) electrons. The molecule has 1 fully saturated rings. The van der Waals surface area contributed by atoms with Gasteiger partial charge in [0.15, 0.2) is 0 Å². The van der Waals surface area contributed by atoms with E-state index >= 15 is 4.39 Å². The Morgan fingerprint density at radius 1 is 1.13 bits per heavy atom. The molecule has 3 aromatic rings. The Hall–Kier alpha value is -3.44. The molecule has 0 aliphatic carbocycles. The SMILES string of the molecule is CC(C)(C)C[C@H]1N[C@@H](C(=O)Nc2ccc(C#N)cc2)[C@H](c2cccc(Cl)c2F)[C@@]12C(=O)Nc1cc(Cl)ccc12. The lowest BCUT2D eigenvalue weighted by atomic mass is 9.62. The largest absolute Gasteiger partial charge is 0.325 e. The van der Waals surface area contributed by atoms with Crippen molar-refractivity contribution < 1.29 is 14.0 Å². The highest BCUT2D eigenvalue weighted by atomic mass is 35.5. The molecule has 0 aromatic heterocycles. The summed E-state index contributed by atoms with van der Waals surface area (Å²) in [6.07, 6.45) is 0.516. The van der Waals surface area contributed by atoms with Gasteiger partial charge in [0.05, 0.1) is 22.7 Å². The zero-order chi connectivity index (χ0) is 28.1. The molecule has 3 N–H and O–H groups in total. The van der Waals surface area contributed by atoms with Crippen molar-refractivity contribution in [3.8, 4) is 6.07 Å². The Labute approximate surface area is 236 Å². The standard InChI is InChI=1S/C30H27Cl2FN4O2/c1-29(2,3)14-23-30(20-12-9-17(31)13-22(20)36-28(30)39)24(19-5-4-6-21(32)25(19)33)26(37-23)27(38)35-18-10-7-16(15-34)8-11-18/h4-13,23-24,26,37H,14H2,1-3H3,(H,35,38)(H,36,39)/t23-,24+,26-,30+/m1/s1. The molecule has 0 saturated carbocycles. The fourth-order valence-electron chi connectivity index (χ4n) is 6.00. The quantitative estimate of drug-likeness (QED) is 0.342. The summed E-state index contributed by atoms with van der Waals surface area (Å²) in [6.45, 7) is 6.16. The minimum Gasteiger partial charge on any atom is -0.325 e. The summed E-state index contributed by atoms with van der Waals surface area (Å²) in [4.78, 5) is 28.1. The number of hydrogen-bond donors (Lipinski definition) is 3. The third kappa shape index (κ3) is 4.67. The van der Waals surface area contributed by atoms with Gasteiger partial charge in [-0.25, -0.2) is 4.39 Å². The Kier molecular flexibility index (Phi) is 6.92. The van der Waals surface area contributed by atoms with Gasteiger partial charge in [-0.2, -0.15) is 5.26 Å². The van der Waals surface area contributed by atoms with E-state index in [1.54, 1.807) is 54.6 Å². The van der Waals surface area contributed by atoms with Crippen molar-refractivity contribution in [2.75, 3.05) is 10.6 Å².